The highest BCUT2D eigenvalue weighted by molar-refractivity contribution is 5.69. The van der Waals surface area contributed by atoms with Crippen molar-refractivity contribution in [3.05, 3.63) is 67.9 Å². The molecule has 0 saturated carbocycles. The van der Waals surface area contributed by atoms with Gasteiger partial charge in [-0.1, -0.05) is 211 Å². The van der Waals surface area contributed by atoms with Crippen LogP contribution in [0.1, 0.15) is 290 Å². The van der Waals surface area contributed by atoms with Crippen molar-refractivity contribution in [2.45, 2.75) is 310 Å². The summed E-state index contributed by atoms with van der Waals surface area (Å²) in [5.74, 6) is -1.22. The van der Waals surface area contributed by atoms with Gasteiger partial charge in [0.25, 0.3) is 0 Å². The minimum Gasteiger partial charge on any atom is -0.464 e. The quantitative estimate of drug-likeness (QED) is 0.0269. The SMILES string of the molecule is CCCCC/C=C/CCCCCCCCCCC(=O)OCCn1c(=O)n(CCOC(=O)CCCCCCCCCC/C=C/CCCCC)c(=O)n(CCOC(=O)CCCCCCCCCC/C=C/CCCCC)c1=O. The third-order valence-corrected chi connectivity index (χ3v) is 14.0. The molecule has 432 valence electrons. The predicted molar refractivity (Wildman–Crippen MR) is 310 cm³/mol. The highest BCUT2D eigenvalue weighted by Crippen LogP contribution is 2.15. The Morgan fingerprint density at radius 1 is 0.293 bits per heavy atom. The smallest absolute Gasteiger partial charge is 0.336 e. The first-order valence-electron chi connectivity index (χ1n) is 31.1. The summed E-state index contributed by atoms with van der Waals surface area (Å²) in [6, 6.07) is 0. The molecule has 1 aromatic rings. The highest BCUT2D eigenvalue weighted by Gasteiger charge is 2.17. The zero-order chi connectivity index (χ0) is 54.5. The fourth-order valence-corrected chi connectivity index (χ4v) is 9.25. The van der Waals surface area contributed by atoms with Crippen LogP contribution in [0.5, 0.6) is 0 Å². The Bertz CT molecular complexity index is 1570. The van der Waals surface area contributed by atoms with Gasteiger partial charge in [-0.05, 0) is 96.3 Å². The molecule has 0 aliphatic heterocycles. The highest BCUT2D eigenvalue weighted by atomic mass is 16.5. The number of carbonyl (C=O) groups excluding carboxylic acids is 3. The number of nitrogens with zero attached hydrogens (tertiary/aromatic N) is 3. The van der Waals surface area contributed by atoms with Gasteiger partial charge in [0.1, 0.15) is 19.8 Å². The van der Waals surface area contributed by atoms with Gasteiger partial charge in [0, 0.05) is 19.3 Å². The Morgan fingerprint density at radius 3 is 0.693 bits per heavy atom. The fourth-order valence-electron chi connectivity index (χ4n) is 9.25. The Balaban J connectivity index is 2.60. The molecule has 1 heterocycles. The number of allylic oxidation sites excluding steroid dienone is 6. The van der Waals surface area contributed by atoms with E-state index in [0.717, 1.165) is 90.8 Å². The van der Waals surface area contributed by atoms with E-state index < -0.39 is 35.0 Å². The number of carbonyl (C=O) groups is 3. The first-order valence-corrected chi connectivity index (χ1v) is 31.1. The Morgan fingerprint density at radius 2 is 0.480 bits per heavy atom. The van der Waals surface area contributed by atoms with Crippen molar-refractivity contribution in [1.82, 2.24) is 13.7 Å². The predicted octanol–water partition coefficient (Wildman–Crippen LogP) is 15.9. The molecule has 0 spiro atoms. The van der Waals surface area contributed by atoms with Gasteiger partial charge < -0.3 is 14.2 Å². The van der Waals surface area contributed by atoms with Gasteiger partial charge in [-0.25, -0.2) is 28.1 Å². The molecule has 12 heteroatoms. The molecule has 0 aliphatic carbocycles. The standard InChI is InChI=1S/C63H111N3O9/c1-4-7-10-13-16-19-22-25-28-31-34-37-40-43-46-49-58(67)73-55-52-64-61(70)65(53-56-74-59(68)50-47-44-41-38-35-32-29-26-23-20-17-14-11-8-5-2)63(72)66(62(64)71)54-57-75-60(69)51-48-45-42-39-36-33-30-27-24-21-18-15-12-9-6-3/h16-21H,4-15,22-57H2,1-3H3/b19-16+,20-17+,21-18+. The van der Waals surface area contributed by atoms with Crippen LogP contribution in [-0.4, -0.2) is 51.4 Å². The first-order chi connectivity index (χ1) is 36.8. The van der Waals surface area contributed by atoms with E-state index in [-0.39, 0.29) is 58.7 Å². The maximum atomic E-state index is 13.6. The van der Waals surface area contributed by atoms with Crippen molar-refractivity contribution in [3.63, 3.8) is 0 Å². The normalized spacial score (nSPS) is 11.7. The van der Waals surface area contributed by atoms with Gasteiger partial charge in [-0.2, -0.15) is 0 Å². The summed E-state index contributed by atoms with van der Waals surface area (Å²) in [5.41, 5.74) is -2.64. The van der Waals surface area contributed by atoms with E-state index in [2.05, 4.69) is 57.2 Å². The van der Waals surface area contributed by atoms with Crippen molar-refractivity contribution >= 4 is 17.9 Å². The average Bonchev–Trinajstić information content (AvgIpc) is 3.40. The van der Waals surface area contributed by atoms with Crippen LogP contribution in [0.4, 0.5) is 0 Å². The van der Waals surface area contributed by atoms with E-state index in [1.807, 2.05) is 0 Å². The summed E-state index contributed by atoms with van der Waals surface area (Å²) in [6.07, 6.45) is 59.5. The van der Waals surface area contributed by atoms with Crippen LogP contribution < -0.4 is 17.1 Å². The van der Waals surface area contributed by atoms with Gasteiger partial charge >= 0.3 is 35.0 Å². The molecule has 0 aliphatic rings. The van der Waals surface area contributed by atoms with Gasteiger partial charge in [-0.3, -0.25) is 14.4 Å². The van der Waals surface area contributed by atoms with Crippen LogP contribution in [0.2, 0.25) is 0 Å². The lowest BCUT2D eigenvalue weighted by Gasteiger charge is -2.14. The van der Waals surface area contributed by atoms with Crippen LogP contribution in [0.15, 0.2) is 50.8 Å². The third kappa shape index (κ3) is 40.9. The van der Waals surface area contributed by atoms with Crippen LogP contribution in [0.25, 0.3) is 0 Å². The molecule has 0 radical (unpaired) electrons. The van der Waals surface area contributed by atoms with Crippen molar-refractivity contribution in [2.24, 2.45) is 0 Å². The van der Waals surface area contributed by atoms with Gasteiger partial charge in [0.05, 0.1) is 19.6 Å². The van der Waals surface area contributed by atoms with E-state index in [4.69, 9.17) is 14.2 Å². The average molecular weight is 1050 g/mol. The molecule has 0 saturated heterocycles. The van der Waals surface area contributed by atoms with E-state index in [1.165, 1.54) is 154 Å². The molecule has 12 nitrogen and oxygen atoms in total. The van der Waals surface area contributed by atoms with E-state index in [0.29, 0.717) is 19.3 Å². The molecule has 0 atom stereocenters. The lowest BCUT2D eigenvalue weighted by atomic mass is 10.1. The number of hydrogen-bond donors (Lipinski definition) is 0. The third-order valence-electron chi connectivity index (χ3n) is 14.0. The Kier molecular flexibility index (Phi) is 48.0. The van der Waals surface area contributed by atoms with E-state index in [1.54, 1.807) is 0 Å². The molecule has 1 aromatic heterocycles. The van der Waals surface area contributed by atoms with Crippen molar-refractivity contribution in [3.8, 4) is 0 Å². The molecule has 75 heavy (non-hydrogen) atoms. The van der Waals surface area contributed by atoms with E-state index in [9.17, 15) is 28.8 Å². The molecule has 0 bridgehead atoms. The van der Waals surface area contributed by atoms with Gasteiger partial charge in [0.2, 0.25) is 0 Å². The molecule has 0 amide bonds. The molecule has 1 rings (SSSR count). The van der Waals surface area contributed by atoms with Gasteiger partial charge in [-0.15, -0.1) is 0 Å². The molecule has 0 fully saturated rings. The Hall–Kier alpha value is -3.96. The molecule has 0 unspecified atom stereocenters. The second-order valence-electron chi connectivity index (χ2n) is 21.0. The molecular formula is C63H111N3O9. The van der Waals surface area contributed by atoms with Crippen LogP contribution in [0.3, 0.4) is 0 Å². The summed E-state index contributed by atoms with van der Waals surface area (Å²) in [6.45, 7) is 5.24. The van der Waals surface area contributed by atoms with Crippen LogP contribution >= 0.6 is 0 Å². The van der Waals surface area contributed by atoms with Crippen LogP contribution in [-0.2, 0) is 48.2 Å². The maximum absolute atomic E-state index is 13.6. The zero-order valence-electron chi connectivity index (χ0n) is 48.4. The largest absolute Gasteiger partial charge is 0.464 e. The second kappa shape index (κ2) is 52.1. The number of esters is 3. The fraction of sp³-hybridized carbons (Fsp3) is 0.810. The minimum atomic E-state index is -0.881. The van der Waals surface area contributed by atoms with Crippen molar-refractivity contribution in [2.75, 3.05) is 19.8 Å². The number of hydrogen-bond acceptors (Lipinski definition) is 9. The molecular weight excluding hydrogens is 943 g/mol. The molecule has 0 N–H and O–H groups in total. The summed E-state index contributed by atoms with van der Waals surface area (Å²) < 4.78 is 18.9. The summed E-state index contributed by atoms with van der Waals surface area (Å²) in [7, 11) is 0. The van der Waals surface area contributed by atoms with Gasteiger partial charge in [0.15, 0.2) is 0 Å². The maximum Gasteiger partial charge on any atom is 0.336 e. The number of ether oxygens (including phenoxy) is 3. The Labute approximate surface area is 456 Å². The number of rotatable bonds is 54. The number of aromatic nitrogens is 3. The monoisotopic (exact) mass is 1050 g/mol. The topological polar surface area (TPSA) is 145 Å². The summed E-state index contributed by atoms with van der Waals surface area (Å²) >= 11 is 0. The van der Waals surface area contributed by atoms with Crippen molar-refractivity contribution < 1.29 is 28.6 Å². The summed E-state index contributed by atoms with van der Waals surface area (Å²) in [4.78, 5) is 78.7. The lowest BCUT2D eigenvalue weighted by molar-refractivity contribution is -0.144. The zero-order valence-corrected chi connectivity index (χ0v) is 48.4. The van der Waals surface area contributed by atoms with E-state index >= 15 is 0 Å². The lowest BCUT2D eigenvalue weighted by Crippen LogP contribution is -2.55. The second-order valence-corrected chi connectivity index (χ2v) is 21.0. The first kappa shape index (κ1) is 69.1. The van der Waals surface area contributed by atoms with Crippen LogP contribution in [0, 0.1) is 0 Å². The van der Waals surface area contributed by atoms with Crippen molar-refractivity contribution in [1.29, 1.82) is 0 Å². The molecule has 0 aromatic carbocycles. The minimum absolute atomic E-state index is 0.224. The number of unbranched alkanes of at least 4 members (excludes halogenated alkanes) is 33. The summed E-state index contributed by atoms with van der Waals surface area (Å²) in [5, 5.41) is 0.